The van der Waals surface area contributed by atoms with Crippen LogP contribution in [0.25, 0.3) is 5.69 Å². The fourth-order valence-electron chi connectivity index (χ4n) is 2.62. The number of hydrogen-bond donors (Lipinski definition) is 1. The molecule has 0 radical (unpaired) electrons. The topological polar surface area (TPSA) is 60.1 Å². The molecular weight excluding hydrogens is 290 g/mol. The zero-order valence-electron chi connectivity index (χ0n) is 13.7. The summed E-state index contributed by atoms with van der Waals surface area (Å²) in [5.41, 5.74) is 2.22. The van der Waals surface area contributed by atoms with Crippen molar-refractivity contribution in [2.75, 3.05) is 6.54 Å². The van der Waals surface area contributed by atoms with Crippen LogP contribution in [0.15, 0.2) is 42.6 Å². The molecule has 0 bridgehead atoms. The summed E-state index contributed by atoms with van der Waals surface area (Å²) in [6, 6.07) is 10.7. The third kappa shape index (κ3) is 5.21. The molecule has 5 heteroatoms. The molecule has 0 spiro atoms. The van der Waals surface area contributed by atoms with Gasteiger partial charge in [0.05, 0.1) is 4.92 Å². The number of aromatic nitrogens is 1. The van der Waals surface area contributed by atoms with E-state index in [0.717, 1.165) is 24.5 Å². The van der Waals surface area contributed by atoms with Crippen LogP contribution in [0.3, 0.4) is 0 Å². The largest absolute Gasteiger partial charge is 0.320 e. The third-order valence-electron chi connectivity index (χ3n) is 3.94. The molecule has 0 aliphatic carbocycles. The average Bonchev–Trinajstić information content (AvgIpc) is 3.02. The number of nitrogens with one attached hydrogen (secondary N) is 1. The van der Waals surface area contributed by atoms with E-state index in [1.807, 2.05) is 12.3 Å². The second kappa shape index (κ2) is 9.10. The molecule has 1 aromatic carbocycles. The third-order valence-corrected chi connectivity index (χ3v) is 3.94. The molecule has 0 aliphatic rings. The van der Waals surface area contributed by atoms with Crippen LogP contribution in [0, 0.1) is 10.1 Å². The smallest absolute Gasteiger partial charge is 0.269 e. The summed E-state index contributed by atoms with van der Waals surface area (Å²) in [5, 5.41) is 14.2. The summed E-state index contributed by atoms with van der Waals surface area (Å²) in [6.45, 7) is 4.05. The number of nitrogens with zero attached hydrogens (tertiary/aromatic N) is 2. The lowest BCUT2D eigenvalue weighted by Crippen LogP contribution is -2.16. The molecule has 23 heavy (non-hydrogen) atoms. The molecule has 0 atom stereocenters. The molecule has 2 aromatic rings. The van der Waals surface area contributed by atoms with Gasteiger partial charge in [0.1, 0.15) is 0 Å². The quantitative estimate of drug-likeness (QED) is 0.400. The van der Waals surface area contributed by atoms with Gasteiger partial charge in [0.25, 0.3) is 5.69 Å². The zero-order chi connectivity index (χ0) is 16.5. The number of unbranched alkanes of at least 4 members (excludes halogenated alkanes) is 4. The van der Waals surface area contributed by atoms with E-state index < -0.39 is 0 Å². The summed E-state index contributed by atoms with van der Waals surface area (Å²) >= 11 is 0. The fraction of sp³-hybridized carbons (Fsp3) is 0.444. The summed E-state index contributed by atoms with van der Waals surface area (Å²) in [4.78, 5) is 10.3. The monoisotopic (exact) mass is 315 g/mol. The van der Waals surface area contributed by atoms with Gasteiger partial charge in [-0.15, -0.1) is 0 Å². The van der Waals surface area contributed by atoms with Crippen molar-refractivity contribution < 1.29 is 4.92 Å². The Balaban J connectivity index is 1.85. The van der Waals surface area contributed by atoms with Crippen molar-refractivity contribution in [1.29, 1.82) is 0 Å². The van der Waals surface area contributed by atoms with E-state index in [-0.39, 0.29) is 10.6 Å². The number of rotatable bonds is 10. The minimum Gasteiger partial charge on any atom is -0.320 e. The second-order valence-electron chi connectivity index (χ2n) is 5.73. The maximum absolute atomic E-state index is 10.7. The van der Waals surface area contributed by atoms with Crippen LogP contribution in [-0.2, 0) is 6.54 Å². The summed E-state index contributed by atoms with van der Waals surface area (Å²) in [6.07, 6.45) is 8.39. The van der Waals surface area contributed by atoms with Crippen molar-refractivity contribution in [3.63, 3.8) is 0 Å². The lowest BCUT2D eigenvalue weighted by molar-refractivity contribution is -0.384. The van der Waals surface area contributed by atoms with Gasteiger partial charge in [-0.2, -0.15) is 0 Å². The van der Waals surface area contributed by atoms with E-state index in [1.165, 1.54) is 32.1 Å². The first-order valence-corrected chi connectivity index (χ1v) is 8.34. The van der Waals surface area contributed by atoms with Crippen molar-refractivity contribution in [2.45, 2.75) is 45.6 Å². The molecule has 124 valence electrons. The Morgan fingerprint density at radius 2 is 1.83 bits per heavy atom. The minimum absolute atomic E-state index is 0.118. The van der Waals surface area contributed by atoms with Gasteiger partial charge in [0, 0.05) is 36.3 Å². The SMILES string of the molecule is CCCCCCCNCc1cccn1-c1ccc([N+](=O)[O-])cc1. The Labute approximate surface area is 137 Å². The summed E-state index contributed by atoms with van der Waals surface area (Å²) < 4.78 is 2.06. The van der Waals surface area contributed by atoms with Crippen LogP contribution in [0.1, 0.15) is 44.7 Å². The molecule has 5 nitrogen and oxygen atoms in total. The molecule has 0 saturated carbocycles. The first kappa shape index (κ1) is 17.2. The van der Waals surface area contributed by atoms with Gasteiger partial charge in [-0.3, -0.25) is 10.1 Å². The number of nitro benzene ring substituents is 1. The molecule has 0 saturated heterocycles. The Kier molecular flexibility index (Phi) is 6.81. The lowest BCUT2D eigenvalue weighted by Gasteiger charge is -2.10. The summed E-state index contributed by atoms with van der Waals surface area (Å²) in [5.74, 6) is 0. The van der Waals surface area contributed by atoms with Crippen molar-refractivity contribution in [1.82, 2.24) is 9.88 Å². The number of benzene rings is 1. The predicted octanol–water partition coefficient (Wildman–Crippen LogP) is 4.45. The standard InChI is InChI=1S/C18H25N3O2/c1-2-3-4-5-6-13-19-15-18-8-7-14-20(18)16-9-11-17(12-10-16)21(22)23/h7-12,14,19H,2-6,13,15H2,1H3. The normalized spacial score (nSPS) is 10.8. The number of nitro groups is 1. The van der Waals surface area contributed by atoms with E-state index in [1.54, 1.807) is 24.3 Å². The number of hydrogen-bond acceptors (Lipinski definition) is 3. The van der Waals surface area contributed by atoms with Crippen LogP contribution in [0.4, 0.5) is 5.69 Å². The average molecular weight is 315 g/mol. The molecule has 0 unspecified atom stereocenters. The van der Waals surface area contributed by atoms with Gasteiger partial charge in [-0.25, -0.2) is 0 Å². The molecule has 2 rings (SSSR count). The predicted molar refractivity (Wildman–Crippen MR) is 92.9 cm³/mol. The van der Waals surface area contributed by atoms with E-state index in [0.29, 0.717) is 0 Å². The van der Waals surface area contributed by atoms with Gasteiger partial charge >= 0.3 is 0 Å². The molecule has 0 fully saturated rings. The molecule has 0 amide bonds. The lowest BCUT2D eigenvalue weighted by atomic mass is 10.1. The van der Waals surface area contributed by atoms with Gasteiger partial charge in [0.15, 0.2) is 0 Å². The summed E-state index contributed by atoms with van der Waals surface area (Å²) in [7, 11) is 0. The maximum Gasteiger partial charge on any atom is 0.269 e. The van der Waals surface area contributed by atoms with Crippen LogP contribution < -0.4 is 5.32 Å². The highest BCUT2D eigenvalue weighted by molar-refractivity contribution is 5.42. The molecule has 0 aliphatic heterocycles. The molecular formula is C18H25N3O2. The molecule has 1 heterocycles. The van der Waals surface area contributed by atoms with Crippen LogP contribution >= 0.6 is 0 Å². The van der Waals surface area contributed by atoms with Crippen LogP contribution in [0.5, 0.6) is 0 Å². The Bertz CT molecular complexity index is 605. The van der Waals surface area contributed by atoms with Crippen molar-refractivity contribution >= 4 is 5.69 Å². The van der Waals surface area contributed by atoms with E-state index >= 15 is 0 Å². The Hall–Kier alpha value is -2.14. The highest BCUT2D eigenvalue weighted by atomic mass is 16.6. The minimum atomic E-state index is -0.375. The Morgan fingerprint density at radius 1 is 1.09 bits per heavy atom. The van der Waals surface area contributed by atoms with Crippen molar-refractivity contribution in [3.05, 3.63) is 58.4 Å². The second-order valence-corrected chi connectivity index (χ2v) is 5.73. The van der Waals surface area contributed by atoms with Crippen molar-refractivity contribution in [2.24, 2.45) is 0 Å². The molecule has 1 aromatic heterocycles. The Morgan fingerprint density at radius 3 is 2.52 bits per heavy atom. The van der Waals surface area contributed by atoms with Gasteiger partial charge in [-0.05, 0) is 37.2 Å². The van der Waals surface area contributed by atoms with Gasteiger partial charge < -0.3 is 9.88 Å². The first-order chi connectivity index (χ1) is 11.2. The van der Waals surface area contributed by atoms with E-state index in [4.69, 9.17) is 0 Å². The van der Waals surface area contributed by atoms with Crippen LogP contribution in [-0.4, -0.2) is 16.0 Å². The fourth-order valence-corrected chi connectivity index (χ4v) is 2.62. The van der Waals surface area contributed by atoms with E-state index in [9.17, 15) is 10.1 Å². The first-order valence-electron chi connectivity index (χ1n) is 8.34. The van der Waals surface area contributed by atoms with Crippen molar-refractivity contribution in [3.8, 4) is 5.69 Å². The highest BCUT2D eigenvalue weighted by Gasteiger charge is 2.07. The highest BCUT2D eigenvalue weighted by Crippen LogP contribution is 2.17. The van der Waals surface area contributed by atoms with Gasteiger partial charge in [-0.1, -0.05) is 32.6 Å². The van der Waals surface area contributed by atoms with Crippen LogP contribution in [0.2, 0.25) is 0 Å². The zero-order valence-corrected chi connectivity index (χ0v) is 13.7. The number of non-ortho nitro benzene ring substituents is 1. The van der Waals surface area contributed by atoms with Gasteiger partial charge in [0.2, 0.25) is 0 Å². The maximum atomic E-state index is 10.7. The molecule has 1 N–H and O–H groups in total. The van der Waals surface area contributed by atoms with E-state index in [2.05, 4.69) is 22.9 Å².